The van der Waals surface area contributed by atoms with Crippen molar-refractivity contribution in [2.75, 3.05) is 6.79 Å². The van der Waals surface area contributed by atoms with Crippen molar-refractivity contribution in [2.24, 2.45) is 5.41 Å². The molecule has 1 atom stereocenters. The molecule has 0 spiro atoms. The second-order valence-corrected chi connectivity index (χ2v) is 8.57. The van der Waals surface area contributed by atoms with Crippen LogP contribution in [0.15, 0.2) is 6.07 Å². The summed E-state index contributed by atoms with van der Waals surface area (Å²) in [6.45, 7) is 6.46. The summed E-state index contributed by atoms with van der Waals surface area (Å²) in [6.07, 6.45) is 1.51. The molecule has 1 N–H and O–H groups in total. The minimum atomic E-state index is -0.755. The van der Waals surface area contributed by atoms with E-state index < -0.39 is 24.1 Å². The van der Waals surface area contributed by atoms with Crippen LogP contribution in [-0.2, 0) is 25.5 Å². The molecule has 1 aromatic rings. The number of halogens is 2. The lowest BCUT2D eigenvalue weighted by Gasteiger charge is -2.28. The first kappa shape index (κ1) is 23.4. The molecular weight excluding hydrogens is 420 g/mol. The Bertz CT molecular complexity index is 809. The molecule has 0 aromatic heterocycles. The molecule has 1 heterocycles. The standard InChI is InChI=1S/C19H24BCl2NO6/c1-5-6-14(24)23-13-8-10-15(22)12(21)7-11(16(10)29-20-13)17(25)27-9-28-18(26)19(2,3)4/h7,13,20H,5-6,8-9H2,1-4H3,(H,23,24). The zero-order valence-corrected chi connectivity index (χ0v) is 18.4. The molecule has 10 heteroatoms. The number of esters is 2. The number of carbonyl (C=O) groups excluding carboxylic acids is 3. The molecule has 1 aliphatic rings. The van der Waals surface area contributed by atoms with E-state index in [0.29, 0.717) is 18.4 Å². The third-order valence-corrected chi connectivity index (χ3v) is 5.02. The fourth-order valence-corrected chi connectivity index (χ4v) is 3.14. The largest absolute Gasteiger partial charge is 0.561 e. The molecule has 7 nitrogen and oxygen atoms in total. The van der Waals surface area contributed by atoms with Crippen LogP contribution in [0.1, 0.15) is 56.5 Å². The van der Waals surface area contributed by atoms with Crippen LogP contribution in [0.25, 0.3) is 0 Å². The van der Waals surface area contributed by atoms with Crippen molar-refractivity contribution in [3.05, 3.63) is 27.2 Å². The molecule has 0 bridgehead atoms. The summed E-state index contributed by atoms with van der Waals surface area (Å²) >= 11 is 12.5. The summed E-state index contributed by atoms with van der Waals surface area (Å²) in [5, 5.41) is 3.29. The molecule has 0 radical (unpaired) electrons. The second-order valence-electron chi connectivity index (χ2n) is 7.79. The van der Waals surface area contributed by atoms with Gasteiger partial charge in [-0.15, -0.1) is 0 Å². The van der Waals surface area contributed by atoms with Gasteiger partial charge in [0.05, 0.1) is 15.5 Å². The van der Waals surface area contributed by atoms with Crippen molar-refractivity contribution < 1.29 is 28.5 Å². The first-order valence-corrected chi connectivity index (χ1v) is 10.1. The van der Waals surface area contributed by atoms with Crippen LogP contribution >= 0.6 is 23.2 Å². The molecule has 1 unspecified atom stereocenters. The van der Waals surface area contributed by atoms with Gasteiger partial charge < -0.3 is 19.4 Å². The summed E-state index contributed by atoms with van der Waals surface area (Å²) in [5.74, 6) is -1.36. The van der Waals surface area contributed by atoms with E-state index in [4.69, 9.17) is 37.3 Å². The zero-order chi connectivity index (χ0) is 21.8. The van der Waals surface area contributed by atoms with Gasteiger partial charge in [0.2, 0.25) is 12.7 Å². The molecule has 158 valence electrons. The highest BCUT2D eigenvalue weighted by atomic mass is 35.5. The van der Waals surface area contributed by atoms with Gasteiger partial charge in [-0.2, -0.15) is 0 Å². The summed E-state index contributed by atoms with van der Waals surface area (Å²) in [7, 11) is 0.180. The van der Waals surface area contributed by atoms with Crippen LogP contribution in [0, 0.1) is 5.41 Å². The zero-order valence-electron chi connectivity index (χ0n) is 16.9. The molecule has 1 amide bonds. The average molecular weight is 444 g/mol. The molecule has 2 rings (SSSR count). The van der Waals surface area contributed by atoms with Gasteiger partial charge >= 0.3 is 19.4 Å². The number of ether oxygens (including phenoxy) is 2. The summed E-state index contributed by atoms with van der Waals surface area (Å²) < 4.78 is 15.7. The van der Waals surface area contributed by atoms with E-state index in [-0.39, 0.29) is 40.7 Å². The normalized spacial score (nSPS) is 15.4. The predicted molar refractivity (Wildman–Crippen MR) is 111 cm³/mol. The van der Waals surface area contributed by atoms with E-state index in [1.54, 1.807) is 20.8 Å². The monoisotopic (exact) mass is 443 g/mol. The lowest BCUT2D eigenvalue weighted by molar-refractivity contribution is -0.161. The van der Waals surface area contributed by atoms with E-state index >= 15 is 0 Å². The minimum absolute atomic E-state index is 0.0806. The van der Waals surface area contributed by atoms with Gasteiger partial charge in [-0.05, 0) is 39.7 Å². The van der Waals surface area contributed by atoms with E-state index in [0.717, 1.165) is 6.42 Å². The molecular formula is C19H24BCl2NO6. The van der Waals surface area contributed by atoms with Gasteiger partial charge in [-0.1, -0.05) is 30.1 Å². The third-order valence-electron chi connectivity index (χ3n) is 4.20. The number of benzene rings is 1. The quantitative estimate of drug-likeness (QED) is 0.412. The fourth-order valence-electron chi connectivity index (χ4n) is 2.70. The van der Waals surface area contributed by atoms with Crippen LogP contribution in [0.2, 0.25) is 10.0 Å². The minimum Gasteiger partial charge on any atom is -0.561 e. The highest BCUT2D eigenvalue weighted by Crippen LogP contribution is 2.39. The number of fused-ring (bicyclic) bond motifs is 1. The van der Waals surface area contributed by atoms with Gasteiger partial charge in [0.25, 0.3) is 0 Å². The number of rotatable bonds is 6. The first-order chi connectivity index (χ1) is 13.5. The molecule has 1 aromatic carbocycles. The smallest absolute Gasteiger partial charge is 0.363 e. The van der Waals surface area contributed by atoms with Crippen molar-refractivity contribution in [2.45, 2.75) is 52.9 Å². The summed E-state index contributed by atoms with van der Waals surface area (Å²) in [4.78, 5) is 36.1. The average Bonchev–Trinajstić information content (AvgIpc) is 2.64. The molecule has 1 aliphatic heterocycles. The van der Waals surface area contributed by atoms with E-state index in [1.165, 1.54) is 6.07 Å². The Kier molecular flexibility index (Phi) is 7.83. The van der Waals surface area contributed by atoms with Gasteiger partial charge in [0.15, 0.2) is 0 Å². The van der Waals surface area contributed by atoms with Crippen molar-refractivity contribution in [1.82, 2.24) is 5.32 Å². The number of hydrogen-bond acceptors (Lipinski definition) is 6. The predicted octanol–water partition coefficient (Wildman–Crippen LogP) is 3.23. The molecule has 0 saturated carbocycles. The summed E-state index contributed by atoms with van der Waals surface area (Å²) in [5.41, 5.74) is -0.111. The molecule has 0 aliphatic carbocycles. The third kappa shape index (κ3) is 6.03. The number of hydrogen-bond donors (Lipinski definition) is 1. The SMILES string of the molecule is CCCC(=O)NC1BOc2c(C(=O)OCOC(=O)C(C)(C)C)cc(Cl)c(Cl)c2C1. The highest BCUT2D eigenvalue weighted by Gasteiger charge is 2.31. The van der Waals surface area contributed by atoms with Gasteiger partial charge in [-0.3, -0.25) is 9.59 Å². The highest BCUT2D eigenvalue weighted by molar-refractivity contribution is 6.43. The van der Waals surface area contributed by atoms with E-state index in [9.17, 15) is 14.4 Å². The Labute approximate surface area is 180 Å². The fraction of sp³-hybridized carbons (Fsp3) is 0.526. The summed E-state index contributed by atoms with van der Waals surface area (Å²) in [6, 6.07) is 1.35. The molecule has 29 heavy (non-hydrogen) atoms. The topological polar surface area (TPSA) is 90.9 Å². The van der Waals surface area contributed by atoms with Crippen LogP contribution < -0.4 is 9.97 Å². The van der Waals surface area contributed by atoms with Crippen molar-refractivity contribution >= 4 is 48.5 Å². The maximum Gasteiger partial charge on any atom is 0.363 e. The van der Waals surface area contributed by atoms with Crippen molar-refractivity contribution in [3.63, 3.8) is 0 Å². The maximum atomic E-state index is 12.5. The van der Waals surface area contributed by atoms with E-state index in [1.807, 2.05) is 6.92 Å². The first-order valence-electron chi connectivity index (χ1n) is 9.32. The Morgan fingerprint density at radius 1 is 1.28 bits per heavy atom. The second kappa shape index (κ2) is 9.72. The van der Waals surface area contributed by atoms with Crippen molar-refractivity contribution in [3.8, 4) is 5.75 Å². The Hall–Kier alpha value is -1.93. The van der Waals surface area contributed by atoms with Crippen LogP contribution in [0.3, 0.4) is 0 Å². The lowest BCUT2D eigenvalue weighted by atomic mass is 9.79. The van der Waals surface area contributed by atoms with Gasteiger partial charge in [-0.25, -0.2) is 4.79 Å². The molecule has 0 saturated heterocycles. The van der Waals surface area contributed by atoms with Gasteiger partial charge in [0, 0.05) is 17.9 Å². The maximum absolute atomic E-state index is 12.5. The van der Waals surface area contributed by atoms with E-state index in [2.05, 4.69) is 5.32 Å². The molecule has 0 fully saturated rings. The number of nitrogens with one attached hydrogen (secondary N) is 1. The van der Waals surface area contributed by atoms with Crippen LogP contribution in [-0.4, -0.2) is 38.1 Å². The Balaban J connectivity index is 2.13. The van der Waals surface area contributed by atoms with Crippen LogP contribution in [0.4, 0.5) is 0 Å². The Morgan fingerprint density at radius 2 is 1.97 bits per heavy atom. The van der Waals surface area contributed by atoms with Crippen molar-refractivity contribution in [1.29, 1.82) is 0 Å². The number of amides is 1. The van der Waals surface area contributed by atoms with Crippen LogP contribution in [0.5, 0.6) is 5.75 Å². The lowest BCUT2D eigenvalue weighted by Crippen LogP contribution is -2.45. The Morgan fingerprint density at radius 3 is 2.59 bits per heavy atom. The van der Waals surface area contributed by atoms with Gasteiger partial charge in [0.1, 0.15) is 11.3 Å². The number of carbonyl (C=O) groups is 3.